The zero-order valence-electron chi connectivity index (χ0n) is 14.8. The van der Waals surface area contributed by atoms with Crippen molar-refractivity contribution in [3.63, 3.8) is 0 Å². The van der Waals surface area contributed by atoms with E-state index in [2.05, 4.69) is 11.9 Å². The predicted molar refractivity (Wildman–Crippen MR) is 91.8 cm³/mol. The molecule has 24 heavy (non-hydrogen) atoms. The summed E-state index contributed by atoms with van der Waals surface area (Å²) in [6, 6.07) is 3.92. The molecule has 1 aromatic rings. The first-order valence-electron chi connectivity index (χ1n) is 8.32. The summed E-state index contributed by atoms with van der Waals surface area (Å²) in [5.74, 6) is 1.02. The van der Waals surface area contributed by atoms with E-state index in [1.54, 1.807) is 21.1 Å². The second-order valence-electron chi connectivity index (χ2n) is 6.73. The van der Waals surface area contributed by atoms with Crippen LogP contribution in [0.4, 0.5) is 0 Å². The second-order valence-corrected chi connectivity index (χ2v) is 6.73. The number of nitrogens with zero attached hydrogens (tertiary/aromatic N) is 1. The second kappa shape index (κ2) is 6.13. The highest BCUT2D eigenvalue weighted by Crippen LogP contribution is 2.50. The lowest BCUT2D eigenvalue weighted by molar-refractivity contribution is 0.101. The minimum atomic E-state index is -0.402. The van der Waals surface area contributed by atoms with Crippen LogP contribution in [0.3, 0.4) is 0 Å². The summed E-state index contributed by atoms with van der Waals surface area (Å²) in [7, 11) is 5.19. The topological polar surface area (TPSA) is 59.0 Å². The Morgan fingerprint density at radius 2 is 2.04 bits per heavy atom. The number of benzene rings is 1. The summed E-state index contributed by atoms with van der Waals surface area (Å²) >= 11 is 0. The largest absolute Gasteiger partial charge is 0.493 e. The van der Waals surface area contributed by atoms with E-state index in [0.29, 0.717) is 17.1 Å². The molecule has 5 nitrogen and oxygen atoms in total. The first-order chi connectivity index (χ1) is 11.4. The summed E-state index contributed by atoms with van der Waals surface area (Å²) in [6.07, 6.45) is 4.11. The van der Waals surface area contributed by atoms with E-state index >= 15 is 0 Å². The van der Waals surface area contributed by atoms with Gasteiger partial charge < -0.3 is 19.5 Å². The van der Waals surface area contributed by atoms with E-state index < -0.39 is 6.10 Å². The van der Waals surface area contributed by atoms with Crippen LogP contribution in [-0.4, -0.2) is 49.7 Å². The predicted octanol–water partition coefficient (Wildman–Crippen LogP) is 2.52. The molecule has 5 heteroatoms. The molecule has 0 amide bonds. The van der Waals surface area contributed by atoms with E-state index in [1.165, 1.54) is 0 Å². The lowest BCUT2D eigenvalue weighted by atomic mass is 9.69. The molecule has 1 N–H and O–H groups in total. The molecule has 2 aliphatic rings. The third-order valence-electron chi connectivity index (χ3n) is 5.40. The molecule has 1 aromatic carbocycles. The van der Waals surface area contributed by atoms with Crippen LogP contribution in [0.15, 0.2) is 23.9 Å². The number of aliphatic hydroxyl groups excluding tert-OH is 1. The molecule has 2 atom stereocenters. The average molecular weight is 331 g/mol. The molecule has 0 aromatic heterocycles. The van der Waals surface area contributed by atoms with Crippen LogP contribution < -0.4 is 9.47 Å². The number of hydrogen-bond acceptors (Lipinski definition) is 5. The Labute approximate surface area is 142 Å². The molecule has 1 heterocycles. The minimum Gasteiger partial charge on any atom is -0.493 e. The number of Topliss-reactive ketones (excluding diaryl/α,β-unsaturated/α-hetero) is 1. The lowest BCUT2D eigenvalue weighted by Crippen LogP contribution is -2.33. The zero-order chi connectivity index (χ0) is 17.5. The number of aliphatic hydroxyl groups is 1. The fourth-order valence-corrected chi connectivity index (χ4v) is 4.11. The monoisotopic (exact) mass is 331 g/mol. The van der Waals surface area contributed by atoms with Crippen molar-refractivity contribution in [1.82, 2.24) is 4.90 Å². The molecule has 0 spiro atoms. The van der Waals surface area contributed by atoms with Crippen LogP contribution in [-0.2, 0) is 5.41 Å². The van der Waals surface area contributed by atoms with E-state index in [9.17, 15) is 9.90 Å². The Morgan fingerprint density at radius 3 is 2.67 bits per heavy atom. The van der Waals surface area contributed by atoms with E-state index in [4.69, 9.17) is 9.47 Å². The molecule has 0 unspecified atom stereocenters. The third kappa shape index (κ3) is 2.47. The summed E-state index contributed by atoms with van der Waals surface area (Å²) in [4.78, 5) is 14.3. The van der Waals surface area contributed by atoms with Crippen LogP contribution in [0.5, 0.6) is 11.5 Å². The van der Waals surface area contributed by atoms with Gasteiger partial charge in [-0.15, -0.1) is 0 Å². The number of carbonyl (C=O) groups excluding carboxylic acids is 1. The van der Waals surface area contributed by atoms with Gasteiger partial charge in [0.2, 0.25) is 0 Å². The molecule has 1 saturated heterocycles. The molecule has 0 radical (unpaired) electrons. The van der Waals surface area contributed by atoms with E-state index in [0.717, 1.165) is 37.1 Å². The normalized spacial score (nSPS) is 26.0. The number of ether oxygens (including phenoxy) is 2. The van der Waals surface area contributed by atoms with Crippen LogP contribution in [0.2, 0.25) is 0 Å². The van der Waals surface area contributed by atoms with Gasteiger partial charge in [0.05, 0.1) is 25.9 Å². The lowest BCUT2D eigenvalue weighted by Gasteiger charge is -2.37. The molecule has 3 rings (SSSR count). The maximum Gasteiger partial charge on any atom is 0.171 e. The smallest absolute Gasteiger partial charge is 0.171 e. The number of fused-ring (bicyclic) bond motifs is 1. The zero-order valence-corrected chi connectivity index (χ0v) is 14.8. The van der Waals surface area contributed by atoms with Gasteiger partial charge in [-0.05, 0) is 50.0 Å². The Morgan fingerprint density at radius 1 is 1.29 bits per heavy atom. The van der Waals surface area contributed by atoms with Gasteiger partial charge in [-0.2, -0.15) is 0 Å². The van der Waals surface area contributed by atoms with Crippen molar-refractivity contribution in [2.45, 2.75) is 37.7 Å². The highest BCUT2D eigenvalue weighted by Gasteiger charge is 2.46. The van der Waals surface area contributed by atoms with Crippen LogP contribution in [0.1, 0.15) is 42.1 Å². The average Bonchev–Trinajstić information content (AvgIpc) is 2.91. The van der Waals surface area contributed by atoms with Gasteiger partial charge in [-0.25, -0.2) is 0 Å². The Kier molecular flexibility index (Phi) is 4.30. The SMILES string of the molecule is COc1cc([C@@]23CC[C@@H](O)C=C2N(C)CC3)cc(C(C)=O)c1OC. The molecular formula is C19H25NO4. The molecule has 130 valence electrons. The maximum absolute atomic E-state index is 12.1. The van der Waals surface area contributed by atoms with Crippen molar-refractivity contribution >= 4 is 5.78 Å². The minimum absolute atomic E-state index is 0.0453. The number of hydrogen-bond donors (Lipinski definition) is 1. The summed E-state index contributed by atoms with van der Waals surface area (Å²) in [6.45, 7) is 2.48. The number of methoxy groups -OCH3 is 2. The Balaban J connectivity index is 2.20. The number of likely N-dealkylation sites (tertiary alicyclic amines) is 1. The van der Waals surface area contributed by atoms with Crippen molar-refractivity contribution in [3.05, 3.63) is 35.0 Å². The fraction of sp³-hybridized carbons (Fsp3) is 0.526. The molecule has 0 saturated carbocycles. The summed E-state index contributed by atoms with van der Waals surface area (Å²) in [5.41, 5.74) is 2.58. The van der Waals surface area contributed by atoms with Crippen molar-refractivity contribution < 1.29 is 19.4 Å². The van der Waals surface area contributed by atoms with E-state index in [-0.39, 0.29) is 11.2 Å². The van der Waals surface area contributed by atoms with Gasteiger partial charge in [0.1, 0.15) is 0 Å². The summed E-state index contributed by atoms with van der Waals surface area (Å²) in [5, 5.41) is 10.1. The van der Waals surface area contributed by atoms with E-state index in [1.807, 2.05) is 18.2 Å². The molecule has 0 bridgehead atoms. The maximum atomic E-state index is 12.1. The van der Waals surface area contributed by atoms with Crippen LogP contribution >= 0.6 is 0 Å². The van der Waals surface area contributed by atoms with Crippen LogP contribution in [0.25, 0.3) is 0 Å². The Hall–Kier alpha value is -2.01. The number of likely N-dealkylation sites (N-methyl/N-ethyl adjacent to an activating group) is 1. The van der Waals surface area contributed by atoms with Gasteiger partial charge in [-0.3, -0.25) is 4.79 Å². The standard InChI is InChI=1S/C19H25NO4/c1-12(21)15-9-13(10-16(23-3)18(15)24-4)19-6-5-14(22)11-17(19)20(2)8-7-19/h9-11,14,22H,5-8H2,1-4H3/t14-,19+/m1/s1. The first-order valence-corrected chi connectivity index (χ1v) is 8.32. The molecule has 1 aliphatic carbocycles. The highest BCUT2D eigenvalue weighted by atomic mass is 16.5. The van der Waals surface area contributed by atoms with Crippen molar-refractivity contribution in [3.8, 4) is 11.5 Å². The van der Waals surface area contributed by atoms with Gasteiger partial charge in [-0.1, -0.05) is 0 Å². The van der Waals surface area contributed by atoms with Crippen molar-refractivity contribution in [2.75, 3.05) is 27.8 Å². The number of carbonyl (C=O) groups is 1. The van der Waals surface area contributed by atoms with Crippen molar-refractivity contribution in [1.29, 1.82) is 0 Å². The third-order valence-corrected chi connectivity index (χ3v) is 5.40. The highest BCUT2D eigenvalue weighted by molar-refractivity contribution is 5.98. The molecule has 1 aliphatic heterocycles. The van der Waals surface area contributed by atoms with Crippen LogP contribution in [0, 0.1) is 0 Å². The van der Waals surface area contributed by atoms with Gasteiger partial charge >= 0.3 is 0 Å². The number of ketones is 1. The van der Waals surface area contributed by atoms with Crippen molar-refractivity contribution in [2.24, 2.45) is 0 Å². The Bertz CT molecular complexity index is 697. The number of rotatable bonds is 4. The number of allylic oxidation sites excluding steroid dienone is 1. The molecule has 1 fully saturated rings. The molecular weight excluding hydrogens is 306 g/mol. The summed E-state index contributed by atoms with van der Waals surface area (Å²) < 4.78 is 10.9. The quantitative estimate of drug-likeness (QED) is 0.859. The van der Waals surface area contributed by atoms with Gasteiger partial charge in [0.25, 0.3) is 0 Å². The fourth-order valence-electron chi connectivity index (χ4n) is 4.11. The van der Waals surface area contributed by atoms with Gasteiger partial charge in [0.15, 0.2) is 17.3 Å². The first kappa shape index (κ1) is 16.8. The van der Waals surface area contributed by atoms with Gasteiger partial charge in [0, 0.05) is 24.7 Å².